The van der Waals surface area contributed by atoms with E-state index in [2.05, 4.69) is 21.2 Å². The molecule has 0 saturated carbocycles. The topological polar surface area (TPSA) is 67.9 Å². The first kappa shape index (κ1) is 13.2. The molecule has 104 valence electrons. The van der Waals surface area contributed by atoms with Crippen molar-refractivity contribution in [3.8, 4) is 11.5 Å². The van der Waals surface area contributed by atoms with Gasteiger partial charge in [-0.1, -0.05) is 0 Å². The molecule has 0 aliphatic carbocycles. The van der Waals surface area contributed by atoms with E-state index in [9.17, 15) is 8.42 Å². The second kappa shape index (κ2) is 4.93. The Kier molecular flexibility index (Phi) is 3.42. The lowest BCUT2D eigenvalue weighted by Crippen LogP contribution is -2.46. The molecule has 2 aliphatic rings. The molecule has 0 aromatic heterocycles. The third-order valence-corrected chi connectivity index (χ3v) is 5.98. The van der Waals surface area contributed by atoms with Crippen molar-refractivity contribution in [1.82, 2.24) is 9.62 Å². The Labute approximate surface area is 119 Å². The molecule has 0 bridgehead atoms. The van der Waals surface area contributed by atoms with Crippen molar-refractivity contribution in [3.05, 3.63) is 16.6 Å². The predicted octanol–water partition coefficient (Wildman–Crippen LogP) is 0.772. The third-order valence-electron chi connectivity index (χ3n) is 3.12. The molecule has 1 fully saturated rings. The normalized spacial score (nSPS) is 19.6. The zero-order chi connectivity index (χ0) is 13.5. The van der Waals surface area contributed by atoms with Crippen LogP contribution in [-0.4, -0.2) is 45.7 Å². The molecule has 1 saturated heterocycles. The highest BCUT2D eigenvalue weighted by Crippen LogP contribution is 2.39. The van der Waals surface area contributed by atoms with Crippen LogP contribution in [0.2, 0.25) is 0 Å². The average Bonchev–Trinajstić information content (AvgIpc) is 2.85. The molecule has 0 radical (unpaired) electrons. The van der Waals surface area contributed by atoms with Crippen LogP contribution in [0.3, 0.4) is 0 Å². The Balaban J connectivity index is 2.01. The van der Waals surface area contributed by atoms with Gasteiger partial charge < -0.3 is 14.8 Å². The summed E-state index contributed by atoms with van der Waals surface area (Å²) in [4.78, 5) is 0.221. The minimum Gasteiger partial charge on any atom is -0.454 e. The van der Waals surface area contributed by atoms with Crippen molar-refractivity contribution >= 4 is 26.0 Å². The van der Waals surface area contributed by atoms with Gasteiger partial charge in [-0.05, 0) is 22.0 Å². The van der Waals surface area contributed by atoms with Crippen LogP contribution in [0, 0.1) is 0 Å². The van der Waals surface area contributed by atoms with Gasteiger partial charge in [0.1, 0.15) is 4.90 Å². The highest BCUT2D eigenvalue weighted by atomic mass is 79.9. The van der Waals surface area contributed by atoms with E-state index in [0.29, 0.717) is 42.2 Å². The summed E-state index contributed by atoms with van der Waals surface area (Å²) in [6, 6.07) is 3.15. The molecule has 1 aromatic rings. The van der Waals surface area contributed by atoms with Crippen molar-refractivity contribution in [3.63, 3.8) is 0 Å². The maximum atomic E-state index is 12.6. The summed E-state index contributed by atoms with van der Waals surface area (Å²) in [5, 5.41) is 3.13. The lowest BCUT2D eigenvalue weighted by atomic mass is 10.3. The number of nitrogens with one attached hydrogen (secondary N) is 1. The van der Waals surface area contributed by atoms with Crippen LogP contribution in [0.5, 0.6) is 11.5 Å². The van der Waals surface area contributed by atoms with Crippen molar-refractivity contribution in [2.45, 2.75) is 4.90 Å². The van der Waals surface area contributed by atoms with Crippen molar-refractivity contribution in [2.24, 2.45) is 0 Å². The number of halogens is 1. The Morgan fingerprint density at radius 1 is 1.16 bits per heavy atom. The number of ether oxygens (including phenoxy) is 2. The van der Waals surface area contributed by atoms with Crippen LogP contribution in [0.1, 0.15) is 0 Å². The summed E-state index contributed by atoms with van der Waals surface area (Å²) in [5.74, 6) is 1.03. The van der Waals surface area contributed by atoms with Crippen molar-refractivity contribution in [2.75, 3.05) is 33.0 Å². The van der Waals surface area contributed by atoms with Gasteiger partial charge in [-0.3, -0.25) is 0 Å². The molecule has 2 heterocycles. The molecule has 19 heavy (non-hydrogen) atoms. The van der Waals surface area contributed by atoms with E-state index in [-0.39, 0.29) is 11.7 Å². The molecular formula is C11H13BrN2O4S. The van der Waals surface area contributed by atoms with Crippen LogP contribution in [0.15, 0.2) is 21.5 Å². The maximum absolute atomic E-state index is 12.6. The van der Waals surface area contributed by atoms with Gasteiger partial charge in [0, 0.05) is 36.7 Å². The fraction of sp³-hybridized carbons (Fsp3) is 0.455. The minimum atomic E-state index is -3.50. The maximum Gasteiger partial charge on any atom is 0.244 e. The number of hydrogen-bond acceptors (Lipinski definition) is 5. The average molecular weight is 349 g/mol. The molecule has 0 unspecified atom stereocenters. The van der Waals surface area contributed by atoms with Crippen molar-refractivity contribution < 1.29 is 17.9 Å². The molecule has 8 heteroatoms. The number of sulfonamides is 1. The van der Waals surface area contributed by atoms with Gasteiger partial charge >= 0.3 is 0 Å². The summed E-state index contributed by atoms with van der Waals surface area (Å²) >= 11 is 3.30. The number of fused-ring (bicyclic) bond motifs is 1. The number of hydrogen-bond donors (Lipinski definition) is 1. The van der Waals surface area contributed by atoms with Crippen molar-refractivity contribution in [1.29, 1.82) is 0 Å². The SMILES string of the molecule is O=S(=O)(c1cc2c(cc1Br)OCO2)N1CCNCC1. The Morgan fingerprint density at radius 2 is 1.79 bits per heavy atom. The molecule has 1 aromatic carbocycles. The first-order valence-electron chi connectivity index (χ1n) is 5.89. The van der Waals surface area contributed by atoms with Gasteiger partial charge in [0.25, 0.3) is 0 Å². The first-order chi connectivity index (χ1) is 9.09. The highest BCUT2D eigenvalue weighted by Gasteiger charge is 2.30. The number of piperazine rings is 1. The third kappa shape index (κ3) is 2.33. The molecular weight excluding hydrogens is 336 g/mol. The van der Waals surface area contributed by atoms with E-state index in [1.165, 1.54) is 10.4 Å². The Morgan fingerprint density at radius 3 is 2.47 bits per heavy atom. The van der Waals surface area contributed by atoms with Crippen LogP contribution in [0.25, 0.3) is 0 Å². The van der Waals surface area contributed by atoms with E-state index >= 15 is 0 Å². The second-order valence-electron chi connectivity index (χ2n) is 4.29. The van der Waals surface area contributed by atoms with Crippen LogP contribution in [0.4, 0.5) is 0 Å². The number of benzene rings is 1. The van der Waals surface area contributed by atoms with Gasteiger partial charge in [-0.25, -0.2) is 8.42 Å². The fourth-order valence-electron chi connectivity index (χ4n) is 2.12. The largest absolute Gasteiger partial charge is 0.454 e. The summed E-state index contributed by atoms with van der Waals surface area (Å²) in [6.45, 7) is 2.41. The summed E-state index contributed by atoms with van der Waals surface area (Å²) < 4.78 is 37.6. The standard InChI is InChI=1S/C11H13BrN2O4S/c12-8-5-9-10(18-7-17-9)6-11(8)19(15,16)14-3-1-13-2-4-14/h5-6,13H,1-4,7H2. The summed E-state index contributed by atoms with van der Waals surface area (Å²) in [6.07, 6.45) is 0. The van der Waals surface area contributed by atoms with E-state index in [1.807, 2.05) is 0 Å². The summed E-state index contributed by atoms with van der Waals surface area (Å²) in [5.41, 5.74) is 0. The van der Waals surface area contributed by atoms with Gasteiger partial charge in [-0.15, -0.1) is 0 Å². The van der Waals surface area contributed by atoms with Gasteiger partial charge in [0.05, 0.1) is 0 Å². The molecule has 0 amide bonds. The molecule has 6 nitrogen and oxygen atoms in total. The number of rotatable bonds is 2. The molecule has 2 aliphatic heterocycles. The molecule has 0 atom stereocenters. The zero-order valence-electron chi connectivity index (χ0n) is 10.1. The van der Waals surface area contributed by atoms with Crippen LogP contribution < -0.4 is 14.8 Å². The van der Waals surface area contributed by atoms with Gasteiger partial charge in [0.2, 0.25) is 16.8 Å². The quantitative estimate of drug-likeness (QED) is 0.854. The first-order valence-corrected chi connectivity index (χ1v) is 8.12. The zero-order valence-corrected chi connectivity index (χ0v) is 12.5. The smallest absolute Gasteiger partial charge is 0.244 e. The number of nitrogens with zero attached hydrogens (tertiary/aromatic N) is 1. The summed E-state index contributed by atoms with van der Waals surface area (Å²) in [7, 11) is -3.50. The van der Waals surface area contributed by atoms with Gasteiger partial charge in [-0.2, -0.15) is 4.31 Å². The molecule has 1 N–H and O–H groups in total. The van der Waals surface area contributed by atoms with E-state index in [1.54, 1.807) is 6.07 Å². The Bertz CT molecular complexity index is 599. The monoisotopic (exact) mass is 348 g/mol. The van der Waals surface area contributed by atoms with E-state index in [0.717, 1.165) is 0 Å². The lowest BCUT2D eigenvalue weighted by molar-refractivity contribution is 0.174. The minimum absolute atomic E-state index is 0.124. The van der Waals surface area contributed by atoms with Crippen LogP contribution in [-0.2, 0) is 10.0 Å². The predicted molar refractivity (Wildman–Crippen MR) is 71.9 cm³/mol. The second-order valence-corrected chi connectivity index (χ2v) is 7.05. The van der Waals surface area contributed by atoms with E-state index < -0.39 is 10.0 Å². The lowest BCUT2D eigenvalue weighted by Gasteiger charge is -2.27. The Hall–Kier alpha value is -0.830. The van der Waals surface area contributed by atoms with E-state index in [4.69, 9.17) is 9.47 Å². The van der Waals surface area contributed by atoms with Gasteiger partial charge in [0.15, 0.2) is 11.5 Å². The van der Waals surface area contributed by atoms with Crippen LogP contribution >= 0.6 is 15.9 Å². The highest BCUT2D eigenvalue weighted by molar-refractivity contribution is 9.10. The molecule has 0 spiro atoms. The molecule has 3 rings (SSSR count). The fourth-order valence-corrected chi connectivity index (χ4v) is 4.56.